The first kappa shape index (κ1) is 19.1. The average Bonchev–Trinajstić information content (AvgIpc) is 2.47. The largest absolute Gasteiger partial charge is 0.357 e. The van der Waals surface area contributed by atoms with Crippen molar-refractivity contribution >= 4 is 39.8 Å². The summed E-state index contributed by atoms with van der Waals surface area (Å²) in [5.74, 6) is -1.26. The Hall–Kier alpha value is -2.93. The first-order valence-electron chi connectivity index (χ1n) is 6.50. The molecule has 8 nitrogen and oxygen atoms in total. The maximum Gasteiger partial charge on any atom is 0.307 e. The molecule has 0 saturated heterocycles. The Morgan fingerprint density at radius 1 is 1.50 bits per heavy atom. The molecular formula is C14H14FN5O3S. The van der Waals surface area contributed by atoms with Crippen LogP contribution in [0.3, 0.4) is 0 Å². The van der Waals surface area contributed by atoms with Gasteiger partial charge in [-0.25, -0.2) is 4.99 Å². The Balaban J connectivity index is 3.45. The molecule has 1 aromatic carbocycles. The van der Waals surface area contributed by atoms with E-state index in [1.165, 1.54) is 13.0 Å². The van der Waals surface area contributed by atoms with E-state index in [1.807, 2.05) is 0 Å². The van der Waals surface area contributed by atoms with Gasteiger partial charge in [-0.15, -0.1) is 0 Å². The molecule has 1 rings (SSSR count). The molecule has 0 spiro atoms. The van der Waals surface area contributed by atoms with Crippen LogP contribution in [0.4, 0.5) is 21.5 Å². The first-order valence-corrected chi connectivity index (χ1v) is 7.72. The van der Waals surface area contributed by atoms with E-state index in [0.717, 1.165) is 23.9 Å². The highest BCUT2D eigenvalue weighted by Crippen LogP contribution is 2.33. The number of thioether (sulfide) groups is 1. The van der Waals surface area contributed by atoms with Gasteiger partial charge in [0.25, 0.3) is 0 Å². The highest BCUT2D eigenvalue weighted by molar-refractivity contribution is 8.13. The van der Waals surface area contributed by atoms with Gasteiger partial charge in [0.2, 0.25) is 5.82 Å². The Kier molecular flexibility index (Phi) is 6.88. The Labute approximate surface area is 141 Å². The lowest BCUT2D eigenvalue weighted by Crippen LogP contribution is -2.12. The van der Waals surface area contributed by atoms with Crippen LogP contribution in [0.1, 0.15) is 13.8 Å². The van der Waals surface area contributed by atoms with E-state index >= 15 is 0 Å². The number of nitro benzene ring substituents is 1. The summed E-state index contributed by atoms with van der Waals surface area (Å²) in [6.07, 6.45) is 4.62. The van der Waals surface area contributed by atoms with Crippen molar-refractivity contribution in [3.05, 3.63) is 39.8 Å². The molecule has 24 heavy (non-hydrogen) atoms. The molecule has 0 aliphatic heterocycles. The van der Waals surface area contributed by atoms with Gasteiger partial charge in [0.05, 0.1) is 16.3 Å². The van der Waals surface area contributed by atoms with Gasteiger partial charge in [-0.1, -0.05) is 11.8 Å². The van der Waals surface area contributed by atoms with Crippen LogP contribution in [0.25, 0.3) is 0 Å². The summed E-state index contributed by atoms with van der Waals surface area (Å²) < 4.78 is 13.9. The van der Waals surface area contributed by atoms with Crippen molar-refractivity contribution in [2.24, 2.45) is 4.99 Å². The quantitative estimate of drug-likeness (QED) is 0.159. The number of carbonyl (C=O) groups is 1. The molecule has 0 radical (unpaired) electrons. The Morgan fingerprint density at radius 2 is 2.17 bits per heavy atom. The number of allylic oxidation sites excluding steroid dienone is 2. The zero-order chi connectivity index (χ0) is 18.3. The van der Waals surface area contributed by atoms with Gasteiger partial charge in [0, 0.05) is 17.8 Å². The monoisotopic (exact) mass is 351 g/mol. The third-order valence-corrected chi connectivity index (χ3v) is 3.17. The molecule has 0 heterocycles. The standard InChI is InChI=1S/C14H14FN5O3S/c1-8(4-9(2)21)18-11-5-10(15)13(20(22)23)6-12(11)19-14(24-3)17-7-16/h4-6,18H,1-3H3,(H,17,19). The van der Waals surface area contributed by atoms with Gasteiger partial charge in [-0.05, 0) is 26.2 Å². The fraction of sp³-hybridized carbons (Fsp3) is 0.214. The molecule has 0 bridgehead atoms. The molecule has 0 atom stereocenters. The van der Waals surface area contributed by atoms with E-state index in [0.29, 0.717) is 5.70 Å². The number of ketones is 1. The first-order chi connectivity index (χ1) is 11.3. The van der Waals surface area contributed by atoms with Crippen molar-refractivity contribution < 1.29 is 14.1 Å². The lowest BCUT2D eigenvalue weighted by molar-refractivity contribution is -0.387. The van der Waals surface area contributed by atoms with Crippen LogP contribution in [-0.2, 0) is 4.79 Å². The van der Waals surface area contributed by atoms with Crippen LogP contribution in [0, 0.1) is 27.4 Å². The molecule has 0 amide bonds. The number of carbonyl (C=O) groups excluding carboxylic acids is 1. The number of hydrogen-bond acceptors (Lipinski definition) is 7. The van der Waals surface area contributed by atoms with Crippen LogP contribution < -0.4 is 10.6 Å². The highest BCUT2D eigenvalue weighted by atomic mass is 32.2. The topological polar surface area (TPSA) is 120 Å². The van der Waals surface area contributed by atoms with E-state index in [-0.39, 0.29) is 22.3 Å². The summed E-state index contributed by atoms with van der Waals surface area (Å²) in [6.45, 7) is 2.93. The van der Waals surface area contributed by atoms with E-state index in [4.69, 9.17) is 5.26 Å². The molecule has 0 unspecified atom stereocenters. The van der Waals surface area contributed by atoms with Crippen LogP contribution in [0.5, 0.6) is 0 Å². The van der Waals surface area contributed by atoms with Crippen molar-refractivity contribution in [1.82, 2.24) is 5.32 Å². The number of nitrogens with zero attached hydrogens (tertiary/aromatic N) is 3. The third kappa shape index (κ3) is 5.36. The zero-order valence-corrected chi connectivity index (χ0v) is 13.9. The molecule has 126 valence electrons. The molecule has 0 aromatic heterocycles. The number of nitriles is 1. The molecule has 0 aliphatic rings. The highest BCUT2D eigenvalue weighted by Gasteiger charge is 2.19. The zero-order valence-electron chi connectivity index (χ0n) is 13.1. The second kappa shape index (κ2) is 8.64. The summed E-state index contributed by atoms with van der Waals surface area (Å²) in [7, 11) is 0. The van der Waals surface area contributed by atoms with Crippen molar-refractivity contribution in [3.63, 3.8) is 0 Å². The number of hydrogen-bond donors (Lipinski definition) is 2. The number of amidine groups is 1. The minimum Gasteiger partial charge on any atom is -0.357 e. The lowest BCUT2D eigenvalue weighted by atomic mass is 10.2. The number of nitrogens with one attached hydrogen (secondary N) is 2. The van der Waals surface area contributed by atoms with Crippen LogP contribution in [-0.4, -0.2) is 22.1 Å². The van der Waals surface area contributed by atoms with Gasteiger partial charge in [0.1, 0.15) is 0 Å². The van der Waals surface area contributed by atoms with Crippen molar-refractivity contribution in [2.75, 3.05) is 11.6 Å². The van der Waals surface area contributed by atoms with E-state index in [9.17, 15) is 19.3 Å². The van der Waals surface area contributed by atoms with Gasteiger partial charge < -0.3 is 5.32 Å². The maximum atomic E-state index is 13.9. The molecular weight excluding hydrogens is 337 g/mol. The summed E-state index contributed by atoms with van der Waals surface area (Å²) in [4.78, 5) is 25.2. The minimum atomic E-state index is -1.05. The van der Waals surface area contributed by atoms with Gasteiger partial charge >= 0.3 is 5.69 Å². The molecule has 0 aliphatic carbocycles. The third-order valence-electron chi connectivity index (χ3n) is 2.59. The number of rotatable bonds is 5. The number of nitro groups is 1. The Bertz CT molecular complexity index is 770. The Morgan fingerprint density at radius 3 is 2.67 bits per heavy atom. The van der Waals surface area contributed by atoms with E-state index < -0.39 is 16.4 Å². The van der Waals surface area contributed by atoms with Gasteiger partial charge in [-0.3, -0.25) is 20.2 Å². The normalized spacial score (nSPS) is 11.6. The summed E-state index contributed by atoms with van der Waals surface area (Å²) in [6, 6.07) is 1.87. The molecule has 10 heteroatoms. The van der Waals surface area contributed by atoms with Gasteiger partial charge in [0.15, 0.2) is 17.1 Å². The fourth-order valence-corrected chi connectivity index (χ4v) is 2.06. The second-order valence-corrected chi connectivity index (χ2v) is 5.29. The number of anilines is 1. The predicted molar refractivity (Wildman–Crippen MR) is 90.5 cm³/mol. The van der Waals surface area contributed by atoms with Crippen LogP contribution in [0.15, 0.2) is 28.9 Å². The number of halogens is 1. The molecule has 2 N–H and O–H groups in total. The molecule has 0 saturated carbocycles. The summed E-state index contributed by atoms with van der Waals surface area (Å²) in [5.41, 5.74) is -0.165. The predicted octanol–water partition coefficient (Wildman–Crippen LogP) is 3.06. The molecule has 1 aromatic rings. The number of aliphatic imine (C=N–C) groups is 1. The number of benzene rings is 1. The fourth-order valence-electron chi connectivity index (χ4n) is 1.72. The van der Waals surface area contributed by atoms with Crippen molar-refractivity contribution in [2.45, 2.75) is 13.8 Å². The smallest absolute Gasteiger partial charge is 0.307 e. The van der Waals surface area contributed by atoms with E-state index in [1.54, 1.807) is 19.4 Å². The van der Waals surface area contributed by atoms with Crippen molar-refractivity contribution in [1.29, 1.82) is 5.26 Å². The minimum absolute atomic E-state index is 0.0477. The van der Waals surface area contributed by atoms with Crippen molar-refractivity contribution in [3.8, 4) is 6.19 Å². The van der Waals surface area contributed by atoms with Gasteiger partial charge in [-0.2, -0.15) is 9.65 Å². The summed E-state index contributed by atoms with van der Waals surface area (Å²) >= 11 is 1.10. The van der Waals surface area contributed by atoms with Crippen LogP contribution in [0.2, 0.25) is 0 Å². The van der Waals surface area contributed by atoms with Crippen LogP contribution >= 0.6 is 11.8 Å². The summed E-state index contributed by atoms with van der Waals surface area (Å²) in [5, 5.41) is 24.8. The van der Waals surface area contributed by atoms with E-state index in [2.05, 4.69) is 15.6 Å². The average molecular weight is 351 g/mol. The lowest BCUT2D eigenvalue weighted by Gasteiger charge is -2.11. The maximum absolute atomic E-state index is 13.9. The SMILES string of the molecule is CSC(=Nc1cc([N+](=O)[O-])c(F)cc1NC(C)=CC(C)=O)NC#N. The second-order valence-electron chi connectivity index (χ2n) is 4.50. The molecule has 0 fully saturated rings.